The van der Waals surface area contributed by atoms with Gasteiger partial charge in [0.15, 0.2) is 5.82 Å². The highest BCUT2D eigenvalue weighted by atomic mass is 16.3. The van der Waals surface area contributed by atoms with Gasteiger partial charge in [-0.15, -0.1) is 0 Å². The number of anilines is 3. The molecule has 0 aliphatic rings. The average Bonchev–Trinajstić information content (AvgIpc) is 2.56. The van der Waals surface area contributed by atoms with Gasteiger partial charge in [-0.2, -0.15) is 15.0 Å². The molecule has 1 heterocycles. The third-order valence-electron chi connectivity index (χ3n) is 3.17. The minimum absolute atomic E-state index is 0.0206. The molecule has 1 aromatic heterocycles. The van der Waals surface area contributed by atoms with Gasteiger partial charge in [0.2, 0.25) is 11.9 Å². The fraction of sp³-hybridized carbons (Fsp3) is 0.0625. The lowest BCUT2D eigenvalue weighted by Crippen LogP contribution is -2.05. The molecule has 0 aliphatic carbocycles. The molecule has 0 saturated carbocycles. The highest BCUT2D eigenvalue weighted by Crippen LogP contribution is 2.21. The van der Waals surface area contributed by atoms with Crippen molar-refractivity contribution < 1.29 is 10.2 Å². The van der Waals surface area contributed by atoms with Gasteiger partial charge in [-0.25, -0.2) is 0 Å². The average molecular weight is 309 g/mol. The van der Waals surface area contributed by atoms with Gasteiger partial charge in [0, 0.05) is 11.3 Å². The van der Waals surface area contributed by atoms with Gasteiger partial charge in [0.1, 0.15) is 5.75 Å². The molecule has 3 rings (SSSR count). The smallest absolute Gasteiger partial charge is 0.232 e. The summed E-state index contributed by atoms with van der Waals surface area (Å²) in [6.45, 7) is -0.0206. The first kappa shape index (κ1) is 14.7. The maximum atomic E-state index is 9.30. The van der Waals surface area contributed by atoms with Gasteiger partial charge in [0.05, 0.1) is 6.61 Å². The van der Waals surface area contributed by atoms with Gasteiger partial charge in [-0.05, 0) is 29.8 Å². The highest BCUT2D eigenvalue weighted by Gasteiger charge is 2.07. The largest absolute Gasteiger partial charge is 0.508 e. The standard InChI is InChI=1S/C16H15N5O2/c17-15-19-14(11-3-1-10(9-22)2-4-11)20-16(21-15)18-12-5-7-13(23)8-6-12/h1-8,22-23H,9H2,(H3,17,18,19,20,21). The van der Waals surface area contributed by atoms with Crippen LogP contribution in [0.1, 0.15) is 5.56 Å². The second-order valence-corrected chi connectivity index (χ2v) is 4.87. The van der Waals surface area contributed by atoms with Crippen molar-refractivity contribution in [3.8, 4) is 17.1 Å². The number of hydrogen-bond acceptors (Lipinski definition) is 7. The van der Waals surface area contributed by atoms with Crippen molar-refractivity contribution in [3.05, 3.63) is 54.1 Å². The van der Waals surface area contributed by atoms with Crippen molar-refractivity contribution in [2.45, 2.75) is 6.61 Å². The quantitative estimate of drug-likeness (QED) is 0.545. The molecule has 0 amide bonds. The predicted molar refractivity (Wildman–Crippen MR) is 87.0 cm³/mol. The zero-order valence-electron chi connectivity index (χ0n) is 12.1. The van der Waals surface area contributed by atoms with Crippen LogP contribution in [0.15, 0.2) is 48.5 Å². The Morgan fingerprint density at radius 3 is 2.26 bits per heavy atom. The summed E-state index contributed by atoms with van der Waals surface area (Å²) in [7, 11) is 0. The van der Waals surface area contributed by atoms with Crippen LogP contribution in [0.4, 0.5) is 17.6 Å². The SMILES string of the molecule is Nc1nc(Nc2ccc(O)cc2)nc(-c2ccc(CO)cc2)n1. The summed E-state index contributed by atoms with van der Waals surface area (Å²) in [5.74, 6) is 1.02. The van der Waals surface area contributed by atoms with E-state index in [0.717, 1.165) is 16.8 Å². The van der Waals surface area contributed by atoms with Crippen molar-refractivity contribution in [2.24, 2.45) is 0 Å². The lowest BCUT2D eigenvalue weighted by Gasteiger charge is -2.08. The number of benzene rings is 2. The molecule has 0 spiro atoms. The first-order valence-electron chi connectivity index (χ1n) is 6.92. The molecule has 2 aromatic carbocycles. The Bertz CT molecular complexity index is 804. The highest BCUT2D eigenvalue weighted by molar-refractivity contribution is 5.61. The van der Waals surface area contributed by atoms with E-state index in [9.17, 15) is 5.11 Å². The number of phenols is 1. The Kier molecular flexibility index (Phi) is 4.03. The molecule has 116 valence electrons. The molecule has 3 aromatic rings. The van der Waals surface area contributed by atoms with E-state index in [4.69, 9.17) is 10.8 Å². The summed E-state index contributed by atoms with van der Waals surface area (Å²) >= 11 is 0. The van der Waals surface area contributed by atoms with Gasteiger partial charge in [-0.1, -0.05) is 24.3 Å². The third kappa shape index (κ3) is 3.53. The molecular formula is C16H15N5O2. The maximum Gasteiger partial charge on any atom is 0.232 e. The van der Waals surface area contributed by atoms with Crippen LogP contribution in [0.2, 0.25) is 0 Å². The number of aromatic hydroxyl groups is 1. The molecule has 23 heavy (non-hydrogen) atoms. The van der Waals surface area contributed by atoms with Crippen molar-refractivity contribution in [1.82, 2.24) is 15.0 Å². The van der Waals surface area contributed by atoms with Crippen LogP contribution in [0.5, 0.6) is 5.75 Å². The number of nitrogens with one attached hydrogen (secondary N) is 1. The van der Waals surface area contributed by atoms with Crippen LogP contribution in [-0.2, 0) is 6.61 Å². The predicted octanol–water partition coefficient (Wildman–Crippen LogP) is 2.06. The lowest BCUT2D eigenvalue weighted by molar-refractivity contribution is 0.282. The van der Waals surface area contributed by atoms with E-state index < -0.39 is 0 Å². The van der Waals surface area contributed by atoms with E-state index in [1.807, 2.05) is 12.1 Å². The number of aromatic nitrogens is 3. The fourth-order valence-electron chi connectivity index (χ4n) is 2.01. The first-order valence-corrected chi connectivity index (χ1v) is 6.92. The maximum absolute atomic E-state index is 9.30. The molecule has 5 N–H and O–H groups in total. The monoisotopic (exact) mass is 309 g/mol. The molecule has 0 unspecified atom stereocenters. The van der Waals surface area contributed by atoms with E-state index in [2.05, 4.69) is 20.3 Å². The molecule has 0 aliphatic heterocycles. The van der Waals surface area contributed by atoms with Crippen molar-refractivity contribution in [1.29, 1.82) is 0 Å². The normalized spacial score (nSPS) is 10.5. The van der Waals surface area contributed by atoms with Crippen LogP contribution in [-0.4, -0.2) is 25.2 Å². The number of hydrogen-bond donors (Lipinski definition) is 4. The Morgan fingerprint density at radius 2 is 1.61 bits per heavy atom. The molecular weight excluding hydrogens is 294 g/mol. The van der Waals surface area contributed by atoms with Gasteiger partial charge >= 0.3 is 0 Å². The summed E-state index contributed by atoms with van der Waals surface area (Å²) in [6.07, 6.45) is 0. The third-order valence-corrected chi connectivity index (χ3v) is 3.17. The number of aliphatic hydroxyl groups excluding tert-OH is 1. The fourth-order valence-corrected chi connectivity index (χ4v) is 2.01. The summed E-state index contributed by atoms with van der Waals surface area (Å²) in [4.78, 5) is 12.5. The van der Waals surface area contributed by atoms with Crippen molar-refractivity contribution in [2.75, 3.05) is 11.1 Å². The van der Waals surface area contributed by atoms with Crippen LogP contribution in [0, 0.1) is 0 Å². The summed E-state index contributed by atoms with van der Waals surface area (Å²) in [5, 5.41) is 21.4. The van der Waals surface area contributed by atoms with Crippen LogP contribution >= 0.6 is 0 Å². The lowest BCUT2D eigenvalue weighted by atomic mass is 10.1. The zero-order valence-corrected chi connectivity index (χ0v) is 12.1. The van der Waals surface area contributed by atoms with E-state index in [0.29, 0.717) is 11.8 Å². The van der Waals surface area contributed by atoms with Crippen LogP contribution in [0.3, 0.4) is 0 Å². The number of aliphatic hydroxyl groups is 1. The molecule has 0 fully saturated rings. The summed E-state index contributed by atoms with van der Waals surface area (Å²) in [5.41, 5.74) is 8.04. The first-order chi connectivity index (χ1) is 11.1. The Balaban J connectivity index is 1.90. The van der Waals surface area contributed by atoms with Crippen molar-refractivity contribution in [3.63, 3.8) is 0 Å². The topological polar surface area (TPSA) is 117 Å². The summed E-state index contributed by atoms with van der Waals surface area (Å²) < 4.78 is 0. The second-order valence-electron chi connectivity index (χ2n) is 4.87. The van der Waals surface area contributed by atoms with E-state index in [1.165, 1.54) is 0 Å². The van der Waals surface area contributed by atoms with Gasteiger partial charge in [0.25, 0.3) is 0 Å². The second kappa shape index (κ2) is 6.29. The molecule has 7 heteroatoms. The van der Waals surface area contributed by atoms with Crippen LogP contribution in [0.25, 0.3) is 11.4 Å². The van der Waals surface area contributed by atoms with Gasteiger partial charge < -0.3 is 21.3 Å². The number of nitrogen functional groups attached to an aromatic ring is 1. The number of rotatable bonds is 4. The Labute approximate surface area is 132 Å². The molecule has 0 atom stereocenters. The zero-order chi connectivity index (χ0) is 16.2. The molecule has 0 saturated heterocycles. The summed E-state index contributed by atoms with van der Waals surface area (Å²) in [6, 6.07) is 13.7. The Hall–Kier alpha value is -3.19. The Morgan fingerprint density at radius 1 is 0.913 bits per heavy atom. The number of nitrogens with two attached hydrogens (primary N) is 1. The van der Waals surface area contributed by atoms with E-state index >= 15 is 0 Å². The van der Waals surface area contributed by atoms with Crippen molar-refractivity contribution >= 4 is 17.6 Å². The van der Waals surface area contributed by atoms with Crippen LogP contribution < -0.4 is 11.1 Å². The molecule has 0 radical (unpaired) electrons. The minimum Gasteiger partial charge on any atom is -0.508 e. The molecule has 7 nitrogen and oxygen atoms in total. The van der Waals surface area contributed by atoms with Gasteiger partial charge in [-0.3, -0.25) is 0 Å². The number of phenolic OH excluding ortho intramolecular Hbond substituents is 1. The van der Waals surface area contributed by atoms with E-state index in [1.54, 1.807) is 36.4 Å². The molecule has 0 bridgehead atoms. The van der Waals surface area contributed by atoms with E-state index in [-0.39, 0.29) is 18.3 Å². The number of nitrogens with zero attached hydrogens (tertiary/aromatic N) is 3. The minimum atomic E-state index is -0.0206.